The summed E-state index contributed by atoms with van der Waals surface area (Å²) >= 11 is 0. The topological polar surface area (TPSA) is 62.5 Å². The molecule has 1 amide bonds. The van der Waals surface area contributed by atoms with Gasteiger partial charge < -0.3 is 10.2 Å². The number of anilines is 1. The molecule has 1 aliphatic heterocycles. The minimum atomic E-state index is -0.193. The number of nitrogens with one attached hydrogen (secondary N) is 1. The zero-order chi connectivity index (χ0) is 19.5. The number of nitrogens with zero attached hydrogens (tertiary/aromatic N) is 4. The molecule has 1 aliphatic rings. The average molecular weight is 377 g/mol. The van der Waals surface area contributed by atoms with Gasteiger partial charge in [0.25, 0.3) is 5.91 Å². The Kier molecular flexibility index (Phi) is 5.39. The number of piperidine rings is 1. The lowest BCUT2D eigenvalue weighted by Crippen LogP contribution is -2.36. The summed E-state index contributed by atoms with van der Waals surface area (Å²) in [5.41, 5.74) is 3.14. The Bertz CT molecular complexity index is 949. The van der Waals surface area contributed by atoms with Gasteiger partial charge in [0.2, 0.25) is 0 Å². The highest BCUT2D eigenvalue weighted by molar-refractivity contribution is 6.08. The maximum Gasteiger partial charge on any atom is 0.261 e. The van der Waals surface area contributed by atoms with Crippen molar-refractivity contribution in [1.29, 1.82) is 0 Å². The molecule has 0 unspecified atom stereocenters. The van der Waals surface area contributed by atoms with Gasteiger partial charge in [-0.1, -0.05) is 19.1 Å². The van der Waals surface area contributed by atoms with E-state index >= 15 is 0 Å². The number of hydrogen-bond acceptors (Lipinski definition) is 4. The Balaban J connectivity index is 1.35. The molecule has 146 valence electrons. The van der Waals surface area contributed by atoms with E-state index in [0.29, 0.717) is 11.2 Å². The predicted molar refractivity (Wildman–Crippen MR) is 110 cm³/mol. The first-order chi connectivity index (χ1) is 13.6. The van der Waals surface area contributed by atoms with Gasteiger partial charge in [-0.25, -0.2) is 9.50 Å². The largest absolute Gasteiger partial charge is 0.322 e. The molecule has 3 aromatic rings. The van der Waals surface area contributed by atoms with Gasteiger partial charge in [-0.2, -0.15) is 5.10 Å². The lowest BCUT2D eigenvalue weighted by Gasteiger charge is -2.34. The summed E-state index contributed by atoms with van der Waals surface area (Å²) in [4.78, 5) is 19.2. The molecule has 0 radical (unpaired) electrons. The number of benzene rings is 1. The SMILES string of the molecule is C[C@H]1CN(C)CC[C@@H]1CCc1ccc(NC(=O)c2cnn3cccnc23)cc1. The Morgan fingerprint density at radius 2 is 2.11 bits per heavy atom. The van der Waals surface area contributed by atoms with E-state index in [1.165, 1.54) is 31.5 Å². The lowest BCUT2D eigenvalue weighted by atomic mass is 9.83. The molecule has 1 fully saturated rings. The Hall–Kier alpha value is -2.73. The van der Waals surface area contributed by atoms with E-state index in [0.717, 1.165) is 23.9 Å². The van der Waals surface area contributed by atoms with E-state index in [4.69, 9.17) is 0 Å². The summed E-state index contributed by atoms with van der Waals surface area (Å²) in [5, 5.41) is 7.11. The smallest absolute Gasteiger partial charge is 0.261 e. The van der Waals surface area contributed by atoms with Gasteiger partial charge in [-0.05, 0) is 68.5 Å². The molecule has 6 heteroatoms. The standard InChI is InChI=1S/C22H27N5O/c1-16-15-26(2)13-10-18(16)7-4-17-5-8-19(9-6-17)25-22(28)20-14-24-27-12-3-11-23-21(20)27/h3,5-6,8-9,11-12,14,16,18H,4,7,10,13,15H2,1-2H3,(H,25,28)/t16-,18-/m0/s1. The van der Waals surface area contributed by atoms with Crippen molar-refractivity contribution in [2.24, 2.45) is 11.8 Å². The van der Waals surface area contributed by atoms with E-state index in [1.54, 1.807) is 29.2 Å². The Morgan fingerprint density at radius 1 is 1.29 bits per heavy atom. The van der Waals surface area contributed by atoms with E-state index in [-0.39, 0.29) is 5.91 Å². The molecule has 3 heterocycles. The first-order valence-electron chi connectivity index (χ1n) is 9.97. The van der Waals surface area contributed by atoms with Gasteiger partial charge in [-0.3, -0.25) is 4.79 Å². The fraction of sp³-hybridized carbons (Fsp3) is 0.409. The minimum Gasteiger partial charge on any atom is -0.322 e. The second kappa shape index (κ2) is 8.10. The fourth-order valence-electron chi connectivity index (χ4n) is 4.12. The number of carbonyl (C=O) groups excluding carboxylic acids is 1. The van der Waals surface area contributed by atoms with Crippen molar-refractivity contribution in [3.63, 3.8) is 0 Å². The van der Waals surface area contributed by atoms with Gasteiger partial charge in [0.15, 0.2) is 5.65 Å². The number of fused-ring (bicyclic) bond motifs is 1. The summed E-state index contributed by atoms with van der Waals surface area (Å²) in [6, 6.07) is 9.97. The second-order valence-corrected chi connectivity index (χ2v) is 7.92. The molecule has 1 N–H and O–H groups in total. The highest BCUT2D eigenvalue weighted by Crippen LogP contribution is 2.27. The maximum absolute atomic E-state index is 12.6. The van der Waals surface area contributed by atoms with Crippen molar-refractivity contribution in [3.8, 4) is 0 Å². The third kappa shape index (κ3) is 4.07. The number of rotatable bonds is 5. The highest BCUT2D eigenvalue weighted by atomic mass is 16.1. The molecule has 2 aromatic heterocycles. The molecule has 0 spiro atoms. The van der Waals surface area contributed by atoms with Crippen molar-refractivity contribution in [2.45, 2.75) is 26.2 Å². The van der Waals surface area contributed by atoms with Crippen LogP contribution in [0.5, 0.6) is 0 Å². The van der Waals surface area contributed by atoms with Crippen LogP contribution in [0.4, 0.5) is 5.69 Å². The minimum absolute atomic E-state index is 0.193. The lowest BCUT2D eigenvalue weighted by molar-refractivity contribution is 0.102. The molecule has 2 atom stereocenters. The first-order valence-corrected chi connectivity index (χ1v) is 9.97. The van der Waals surface area contributed by atoms with Crippen LogP contribution in [0.2, 0.25) is 0 Å². The van der Waals surface area contributed by atoms with Crippen LogP contribution >= 0.6 is 0 Å². The van der Waals surface area contributed by atoms with Crippen LogP contribution in [0.1, 0.15) is 35.7 Å². The Labute approximate surface area is 165 Å². The molecule has 28 heavy (non-hydrogen) atoms. The van der Waals surface area contributed by atoms with Crippen LogP contribution in [0, 0.1) is 11.8 Å². The van der Waals surface area contributed by atoms with Crippen LogP contribution < -0.4 is 5.32 Å². The van der Waals surface area contributed by atoms with Gasteiger partial charge in [0.1, 0.15) is 5.56 Å². The number of likely N-dealkylation sites (tertiary alicyclic amines) is 1. The van der Waals surface area contributed by atoms with Crippen molar-refractivity contribution in [3.05, 3.63) is 60.0 Å². The van der Waals surface area contributed by atoms with E-state index in [1.807, 2.05) is 12.1 Å². The maximum atomic E-state index is 12.6. The van der Waals surface area contributed by atoms with Gasteiger partial charge in [0, 0.05) is 24.6 Å². The summed E-state index contributed by atoms with van der Waals surface area (Å²) in [7, 11) is 2.21. The van der Waals surface area contributed by atoms with Gasteiger partial charge in [-0.15, -0.1) is 0 Å². The van der Waals surface area contributed by atoms with E-state index in [2.05, 4.69) is 46.4 Å². The van der Waals surface area contributed by atoms with E-state index in [9.17, 15) is 4.79 Å². The molecule has 0 bridgehead atoms. The Morgan fingerprint density at radius 3 is 2.89 bits per heavy atom. The van der Waals surface area contributed by atoms with Crippen LogP contribution in [0.15, 0.2) is 48.9 Å². The van der Waals surface area contributed by atoms with Crippen LogP contribution in [0.25, 0.3) is 5.65 Å². The molecule has 4 rings (SSSR count). The monoisotopic (exact) mass is 377 g/mol. The quantitative estimate of drug-likeness (QED) is 0.739. The molecule has 0 aliphatic carbocycles. The third-order valence-corrected chi connectivity index (χ3v) is 5.83. The van der Waals surface area contributed by atoms with Crippen molar-refractivity contribution < 1.29 is 4.79 Å². The molecular weight excluding hydrogens is 350 g/mol. The summed E-state index contributed by atoms with van der Waals surface area (Å²) in [5.74, 6) is 1.37. The molecule has 6 nitrogen and oxygen atoms in total. The van der Waals surface area contributed by atoms with E-state index < -0.39 is 0 Å². The number of hydrogen-bond donors (Lipinski definition) is 1. The normalized spacial score (nSPS) is 20.4. The summed E-state index contributed by atoms with van der Waals surface area (Å²) in [6.07, 6.45) is 8.60. The van der Waals surface area contributed by atoms with Crippen LogP contribution in [0.3, 0.4) is 0 Å². The summed E-state index contributed by atoms with van der Waals surface area (Å²) < 4.78 is 1.60. The van der Waals surface area contributed by atoms with Crippen LogP contribution in [-0.2, 0) is 6.42 Å². The van der Waals surface area contributed by atoms with Gasteiger partial charge in [0.05, 0.1) is 6.20 Å². The number of carbonyl (C=O) groups is 1. The van der Waals surface area contributed by atoms with Crippen molar-refractivity contribution in [2.75, 3.05) is 25.5 Å². The molecule has 1 aromatic carbocycles. The number of amides is 1. The zero-order valence-electron chi connectivity index (χ0n) is 16.5. The third-order valence-electron chi connectivity index (χ3n) is 5.83. The van der Waals surface area contributed by atoms with Crippen molar-refractivity contribution >= 4 is 17.2 Å². The second-order valence-electron chi connectivity index (χ2n) is 7.92. The predicted octanol–water partition coefficient (Wildman–Crippen LogP) is 3.50. The fourth-order valence-corrected chi connectivity index (χ4v) is 4.12. The number of aryl methyl sites for hydroxylation is 1. The highest BCUT2D eigenvalue weighted by Gasteiger charge is 2.23. The molecular formula is C22H27N5O. The first kappa shape index (κ1) is 18.6. The molecule has 0 saturated carbocycles. The zero-order valence-corrected chi connectivity index (χ0v) is 16.5. The number of aromatic nitrogens is 3. The summed E-state index contributed by atoms with van der Waals surface area (Å²) in [6.45, 7) is 4.78. The van der Waals surface area contributed by atoms with Crippen LogP contribution in [-0.4, -0.2) is 45.5 Å². The van der Waals surface area contributed by atoms with Crippen molar-refractivity contribution in [1.82, 2.24) is 19.5 Å². The molecule has 1 saturated heterocycles. The van der Waals surface area contributed by atoms with Gasteiger partial charge >= 0.3 is 0 Å². The average Bonchev–Trinajstić information content (AvgIpc) is 3.13.